The van der Waals surface area contributed by atoms with Gasteiger partial charge in [-0.15, -0.1) is 0 Å². The first-order chi connectivity index (χ1) is 12.8. The van der Waals surface area contributed by atoms with Gasteiger partial charge >= 0.3 is 0 Å². The number of anilines is 1. The third kappa shape index (κ3) is 3.85. The van der Waals surface area contributed by atoms with Gasteiger partial charge in [0.15, 0.2) is 0 Å². The molecule has 1 saturated carbocycles. The van der Waals surface area contributed by atoms with Crippen LogP contribution in [0.5, 0.6) is 5.88 Å². The molecule has 0 unspecified atom stereocenters. The Morgan fingerprint density at radius 3 is 2.70 bits per heavy atom. The van der Waals surface area contributed by atoms with Crippen molar-refractivity contribution in [2.45, 2.75) is 38.2 Å². The molecule has 1 aromatic rings. The molecule has 0 atom stereocenters. The molecule has 8 heteroatoms. The van der Waals surface area contributed by atoms with E-state index >= 15 is 0 Å². The van der Waals surface area contributed by atoms with E-state index < -0.39 is 11.5 Å². The minimum absolute atomic E-state index is 0.194. The van der Waals surface area contributed by atoms with Crippen molar-refractivity contribution in [3.8, 4) is 5.88 Å². The van der Waals surface area contributed by atoms with Gasteiger partial charge < -0.3 is 19.3 Å². The van der Waals surface area contributed by atoms with E-state index in [0.717, 1.165) is 12.8 Å². The Hall–Kier alpha value is -1.96. The van der Waals surface area contributed by atoms with Gasteiger partial charge in [-0.1, -0.05) is 0 Å². The van der Waals surface area contributed by atoms with Crippen molar-refractivity contribution >= 4 is 11.6 Å². The summed E-state index contributed by atoms with van der Waals surface area (Å²) < 4.78 is 37.9. The van der Waals surface area contributed by atoms with Crippen LogP contribution in [-0.2, 0) is 4.74 Å². The summed E-state index contributed by atoms with van der Waals surface area (Å²) in [6.07, 6.45) is 2.22. The van der Waals surface area contributed by atoms with Gasteiger partial charge in [-0.3, -0.25) is 4.79 Å². The summed E-state index contributed by atoms with van der Waals surface area (Å²) in [7, 11) is 0. The van der Waals surface area contributed by atoms with Gasteiger partial charge in [-0.2, -0.15) is 0 Å². The average molecular weight is 381 g/mol. The quantitative estimate of drug-likeness (QED) is 0.785. The van der Waals surface area contributed by atoms with Crippen LogP contribution in [0.25, 0.3) is 0 Å². The summed E-state index contributed by atoms with van der Waals surface area (Å²) in [6, 6.07) is 3.27. The number of carbonyl (C=O) groups is 1. The molecule has 1 aromatic heterocycles. The second-order valence-corrected chi connectivity index (χ2v) is 8.31. The average Bonchev–Trinajstić information content (AvgIpc) is 3.41. The number of nitrogens with zero attached hydrogens (tertiary/aromatic N) is 3. The molecule has 3 fully saturated rings. The van der Waals surface area contributed by atoms with Crippen LogP contribution in [0.15, 0.2) is 12.1 Å². The first-order valence-electron chi connectivity index (χ1n) is 9.42. The van der Waals surface area contributed by atoms with E-state index in [0.29, 0.717) is 38.0 Å². The fourth-order valence-corrected chi connectivity index (χ4v) is 3.44. The number of amides is 1. The van der Waals surface area contributed by atoms with Gasteiger partial charge in [0, 0.05) is 6.54 Å². The predicted molar refractivity (Wildman–Crippen MR) is 95.6 cm³/mol. The molecule has 3 aliphatic rings. The summed E-state index contributed by atoms with van der Waals surface area (Å²) in [5, 5.41) is 0. The summed E-state index contributed by atoms with van der Waals surface area (Å²) in [4.78, 5) is 20.7. The lowest BCUT2D eigenvalue weighted by atomic mass is 10.0. The molecule has 0 aromatic carbocycles. The van der Waals surface area contributed by atoms with Gasteiger partial charge in [0.2, 0.25) is 5.88 Å². The third-order valence-corrected chi connectivity index (χ3v) is 5.29. The molecule has 3 heterocycles. The molecule has 0 spiro atoms. The van der Waals surface area contributed by atoms with Crippen molar-refractivity contribution in [2.75, 3.05) is 44.4 Å². The van der Waals surface area contributed by atoms with Crippen LogP contribution in [0, 0.1) is 5.92 Å². The van der Waals surface area contributed by atoms with Crippen molar-refractivity contribution in [2.24, 2.45) is 5.92 Å². The Labute approximate surface area is 157 Å². The number of alkyl halides is 2. The molecule has 0 bridgehead atoms. The number of hydrogen-bond donors (Lipinski definition) is 0. The number of rotatable bonds is 5. The largest absolute Gasteiger partial charge is 0.476 e. The van der Waals surface area contributed by atoms with E-state index in [1.54, 1.807) is 21.9 Å². The lowest BCUT2D eigenvalue weighted by molar-refractivity contribution is -0.0374. The first kappa shape index (κ1) is 18.4. The topological polar surface area (TPSA) is 54.9 Å². The van der Waals surface area contributed by atoms with Crippen molar-refractivity contribution in [3.05, 3.63) is 17.8 Å². The molecule has 1 aliphatic carbocycles. The minimum Gasteiger partial charge on any atom is -0.476 e. The van der Waals surface area contributed by atoms with Gasteiger partial charge in [-0.05, 0) is 44.7 Å². The SMILES string of the molecule is CC1(C)COCCN1C(=O)c1ccc(N2CC(F)(F)C2)c(OCC2CC2)n1. The van der Waals surface area contributed by atoms with Gasteiger partial charge in [0.25, 0.3) is 11.8 Å². The maximum absolute atomic E-state index is 13.3. The maximum atomic E-state index is 13.3. The van der Waals surface area contributed by atoms with E-state index in [9.17, 15) is 13.6 Å². The van der Waals surface area contributed by atoms with Gasteiger partial charge in [0.1, 0.15) is 11.4 Å². The zero-order chi connectivity index (χ0) is 19.2. The highest BCUT2D eigenvalue weighted by Crippen LogP contribution is 2.38. The van der Waals surface area contributed by atoms with E-state index in [-0.39, 0.29) is 30.6 Å². The second kappa shape index (κ2) is 6.58. The normalized spacial score (nSPS) is 23.7. The van der Waals surface area contributed by atoms with Crippen molar-refractivity contribution in [3.63, 3.8) is 0 Å². The molecule has 27 heavy (non-hydrogen) atoms. The smallest absolute Gasteiger partial charge is 0.282 e. The van der Waals surface area contributed by atoms with Gasteiger partial charge in [-0.25, -0.2) is 13.8 Å². The zero-order valence-corrected chi connectivity index (χ0v) is 15.7. The monoisotopic (exact) mass is 381 g/mol. The highest BCUT2D eigenvalue weighted by Gasteiger charge is 2.45. The Morgan fingerprint density at radius 1 is 1.33 bits per heavy atom. The molecular formula is C19H25F2N3O3. The van der Waals surface area contributed by atoms with Crippen LogP contribution in [0.4, 0.5) is 14.5 Å². The lowest BCUT2D eigenvalue weighted by Crippen LogP contribution is -2.56. The van der Waals surface area contributed by atoms with Crippen LogP contribution >= 0.6 is 0 Å². The van der Waals surface area contributed by atoms with Crippen LogP contribution < -0.4 is 9.64 Å². The number of morpholine rings is 1. The van der Waals surface area contributed by atoms with Crippen molar-refractivity contribution in [1.82, 2.24) is 9.88 Å². The predicted octanol–water partition coefficient (Wildman–Crippen LogP) is 2.58. The molecule has 0 N–H and O–H groups in total. The summed E-state index contributed by atoms with van der Waals surface area (Å²) >= 11 is 0. The summed E-state index contributed by atoms with van der Waals surface area (Å²) in [6.45, 7) is 5.15. The third-order valence-electron chi connectivity index (χ3n) is 5.29. The van der Waals surface area contributed by atoms with Crippen LogP contribution in [0.2, 0.25) is 0 Å². The minimum atomic E-state index is -2.68. The molecule has 1 amide bonds. The van der Waals surface area contributed by atoms with E-state index in [4.69, 9.17) is 9.47 Å². The number of carbonyl (C=O) groups excluding carboxylic acids is 1. The molecule has 2 aliphatic heterocycles. The summed E-state index contributed by atoms with van der Waals surface area (Å²) in [5.74, 6) is -2.11. The molecule has 0 radical (unpaired) electrons. The van der Waals surface area contributed by atoms with E-state index in [1.807, 2.05) is 13.8 Å². The van der Waals surface area contributed by atoms with Crippen LogP contribution in [-0.4, -0.2) is 66.7 Å². The standard InChI is InChI=1S/C19H25F2N3O3/c1-18(2)12-26-8-7-24(18)17(25)14-5-6-15(23-10-19(20,21)11-23)16(22-14)27-9-13-3-4-13/h5-6,13H,3-4,7-12H2,1-2H3. The Balaban J connectivity index is 1.57. The molecule has 6 nitrogen and oxygen atoms in total. The number of aromatic nitrogens is 1. The highest BCUT2D eigenvalue weighted by atomic mass is 19.3. The Morgan fingerprint density at radius 2 is 2.07 bits per heavy atom. The second-order valence-electron chi connectivity index (χ2n) is 8.31. The Bertz CT molecular complexity index is 729. The number of halogens is 2. The van der Waals surface area contributed by atoms with Crippen LogP contribution in [0.3, 0.4) is 0 Å². The number of hydrogen-bond acceptors (Lipinski definition) is 5. The summed E-state index contributed by atoms with van der Waals surface area (Å²) in [5.41, 5.74) is 0.371. The lowest BCUT2D eigenvalue weighted by Gasteiger charge is -2.42. The maximum Gasteiger partial charge on any atom is 0.282 e. The molecule has 148 valence electrons. The van der Waals surface area contributed by atoms with Crippen LogP contribution in [0.1, 0.15) is 37.2 Å². The number of pyridine rings is 1. The van der Waals surface area contributed by atoms with Gasteiger partial charge in [0.05, 0.1) is 38.4 Å². The molecular weight excluding hydrogens is 356 g/mol. The fourth-order valence-electron chi connectivity index (χ4n) is 3.44. The van der Waals surface area contributed by atoms with E-state index in [2.05, 4.69) is 4.98 Å². The molecule has 4 rings (SSSR count). The molecule has 2 saturated heterocycles. The first-order valence-corrected chi connectivity index (χ1v) is 9.42. The van der Waals surface area contributed by atoms with Crippen molar-refractivity contribution in [1.29, 1.82) is 0 Å². The van der Waals surface area contributed by atoms with Crippen molar-refractivity contribution < 1.29 is 23.0 Å². The van der Waals surface area contributed by atoms with E-state index in [1.165, 1.54) is 0 Å². The highest BCUT2D eigenvalue weighted by molar-refractivity contribution is 5.93. The Kier molecular flexibility index (Phi) is 4.49. The zero-order valence-electron chi connectivity index (χ0n) is 15.7. The number of ether oxygens (including phenoxy) is 2. The fraction of sp³-hybridized carbons (Fsp3) is 0.684.